The second-order valence-electron chi connectivity index (χ2n) is 4.64. The molecule has 3 rings (SSSR count). The van der Waals surface area contributed by atoms with Crippen LogP contribution in [0.5, 0.6) is 0 Å². The van der Waals surface area contributed by atoms with Gasteiger partial charge in [0.25, 0.3) is 11.8 Å². The molecule has 0 unspecified atom stereocenters. The number of benzene rings is 2. The van der Waals surface area contributed by atoms with Crippen molar-refractivity contribution in [2.24, 2.45) is 0 Å². The summed E-state index contributed by atoms with van der Waals surface area (Å²) >= 11 is 3.26. The third-order valence-electron chi connectivity index (χ3n) is 3.40. The van der Waals surface area contributed by atoms with Crippen molar-refractivity contribution in [3.63, 3.8) is 0 Å². The number of hydrogen-bond donors (Lipinski definition) is 0. The van der Waals surface area contributed by atoms with Crippen LogP contribution in [0.4, 0.5) is 5.69 Å². The zero-order valence-corrected chi connectivity index (χ0v) is 13.1. The van der Waals surface area contributed by atoms with Crippen LogP contribution in [0.3, 0.4) is 0 Å². The molecule has 0 saturated carbocycles. The zero-order chi connectivity index (χ0) is 15.9. The van der Waals surface area contributed by atoms with Crippen molar-refractivity contribution in [3.8, 4) is 0 Å². The normalized spacial score (nSPS) is 13.3. The Morgan fingerprint density at radius 3 is 2.18 bits per heavy atom. The van der Waals surface area contributed by atoms with Crippen LogP contribution in [0.15, 0.2) is 46.9 Å². The number of halogens is 1. The van der Waals surface area contributed by atoms with Crippen LogP contribution in [0.25, 0.3) is 0 Å². The van der Waals surface area contributed by atoms with Crippen LogP contribution in [0.1, 0.15) is 31.1 Å². The van der Waals surface area contributed by atoms with Crippen LogP contribution in [0.2, 0.25) is 0 Å². The molecule has 0 N–H and O–H groups in total. The number of fused-ring (bicyclic) bond motifs is 1. The number of ether oxygens (including phenoxy) is 1. The first-order chi connectivity index (χ1) is 10.5. The van der Waals surface area contributed by atoms with E-state index in [1.54, 1.807) is 30.3 Å². The van der Waals surface area contributed by atoms with Gasteiger partial charge >= 0.3 is 5.97 Å². The average molecular weight is 360 g/mol. The molecule has 0 radical (unpaired) electrons. The standard InChI is InChI=1S/C16H10BrNO4/c1-22-16(21)12-8-9(17)6-7-13(12)18-14(19)10-4-2-3-5-11(10)15(18)20/h2-8H,1H3. The summed E-state index contributed by atoms with van der Waals surface area (Å²) in [6.45, 7) is 0. The van der Waals surface area contributed by atoms with E-state index in [1.807, 2.05) is 0 Å². The van der Waals surface area contributed by atoms with Gasteiger partial charge < -0.3 is 4.74 Å². The summed E-state index contributed by atoms with van der Waals surface area (Å²) in [5.74, 6) is -1.52. The first kappa shape index (κ1) is 14.5. The summed E-state index contributed by atoms with van der Waals surface area (Å²) in [7, 11) is 1.25. The molecule has 5 nitrogen and oxygen atoms in total. The molecule has 0 aromatic heterocycles. The Morgan fingerprint density at radius 2 is 1.64 bits per heavy atom. The van der Waals surface area contributed by atoms with Gasteiger partial charge in [-0.05, 0) is 30.3 Å². The van der Waals surface area contributed by atoms with Crippen molar-refractivity contribution in [1.29, 1.82) is 0 Å². The summed E-state index contributed by atoms with van der Waals surface area (Å²) in [6, 6.07) is 11.3. The Balaban J connectivity index is 2.16. The molecule has 6 heteroatoms. The van der Waals surface area contributed by atoms with E-state index in [4.69, 9.17) is 4.74 Å². The van der Waals surface area contributed by atoms with Gasteiger partial charge in [0, 0.05) is 4.47 Å². The average Bonchev–Trinajstić information content (AvgIpc) is 2.79. The van der Waals surface area contributed by atoms with Gasteiger partial charge in [-0.25, -0.2) is 9.69 Å². The quantitative estimate of drug-likeness (QED) is 0.610. The lowest BCUT2D eigenvalue weighted by molar-refractivity contribution is 0.0601. The molecule has 2 aromatic carbocycles. The molecule has 1 aliphatic heterocycles. The Labute approximate surface area is 134 Å². The summed E-state index contributed by atoms with van der Waals surface area (Å²) in [5.41, 5.74) is 1.00. The Morgan fingerprint density at radius 1 is 1.05 bits per heavy atom. The summed E-state index contributed by atoms with van der Waals surface area (Å²) in [6.07, 6.45) is 0. The predicted molar refractivity (Wildman–Crippen MR) is 83.1 cm³/mol. The van der Waals surface area contributed by atoms with Crippen LogP contribution in [0, 0.1) is 0 Å². The summed E-state index contributed by atoms with van der Waals surface area (Å²) in [5, 5.41) is 0. The second kappa shape index (κ2) is 5.38. The maximum atomic E-state index is 12.5. The van der Waals surface area contributed by atoms with E-state index in [0.29, 0.717) is 15.6 Å². The fourth-order valence-corrected chi connectivity index (χ4v) is 2.75. The Kier molecular flexibility index (Phi) is 3.54. The van der Waals surface area contributed by atoms with Gasteiger partial charge in [0.2, 0.25) is 0 Å². The number of carbonyl (C=O) groups excluding carboxylic acids is 3. The fraction of sp³-hybridized carbons (Fsp3) is 0.0625. The largest absolute Gasteiger partial charge is 0.465 e. The lowest BCUT2D eigenvalue weighted by atomic mass is 10.1. The highest BCUT2D eigenvalue weighted by Crippen LogP contribution is 2.32. The van der Waals surface area contributed by atoms with E-state index in [0.717, 1.165) is 4.90 Å². The van der Waals surface area contributed by atoms with E-state index in [2.05, 4.69) is 15.9 Å². The SMILES string of the molecule is COC(=O)c1cc(Br)ccc1N1C(=O)c2ccccc2C1=O. The van der Waals surface area contributed by atoms with Gasteiger partial charge in [0.15, 0.2) is 0 Å². The molecule has 0 spiro atoms. The Bertz CT molecular complexity index is 781. The van der Waals surface area contributed by atoms with Gasteiger partial charge in [-0.2, -0.15) is 0 Å². The molecule has 110 valence electrons. The smallest absolute Gasteiger partial charge is 0.340 e. The molecule has 0 atom stereocenters. The lowest BCUT2D eigenvalue weighted by Gasteiger charge is -2.17. The maximum absolute atomic E-state index is 12.5. The number of carbonyl (C=O) groups is 3. The van der Waals surface area contributed by atoms with Gasteiger partial charge in [0.05, 0.1) is 29.5 Å². The minimum Gasteiger partial charge on any atom is -0.465 e. The number of esters is 1. The van der Waals surface area contributed by atoms with E-state index >= 15 is 0 Å². The molecule has 0 bridgehead atoms. The molecule has 22 heavy (non-hydrogen) atoms. The summed E-state index contributed by atoms with van der Waals surface area (Å²) in [4.78, 5) is 37.9. The monoisotopic (exact) mass is 359 g/mol. The van der Waals surface area contributed by atoms with Crippen LogP contribution in [-0.2, 0) is 4.74 Å². The molecule has 0 fully saturated rings. The van der Waals surface area contributed by atoms with Gasteiger partial charge in [-0.1, -0.05) is 28.1 Å². The second-order valence-corrected chi connectivity index (χ2v) is 5.56. The molecular weight excluding hydrogens is 350 g/mol. The van der Waals surface area contributed by atoms with E-state index in [-0.39, 0.29) is 11.3 Å². The third-order valence-corrected chi connectivity index (χ3v) is 3.89. The highest BCUT2D eigenvalue weighted by molar-refractivity contribution is 9.10. The number of anilines is 1. The number of imide groups is 1. The maximum Gasteiger partial charge on any atom is 0.340 e. The van der Waals surface area contributed by atoms with Crippen LogP contribution >= 0.6 is 15.9 Å². The minimum atomic E-state index is -0.618. The minimum absolute atomic E-state index is 0.145. The van der Waals surface area contributed by atoms with Crippen molar-refractivity contribution in [3.05, 3.63) is 63.6 Å². The van der Waals surface area contributed by atoms with Crippen molar-refractivity contribution in [2.75, 3.05) is 12.0 Å². The third kappa shape index (κ3) is 2.12. The number of rotatable bonds is 2. The molecule has 2 amide bonds. The first-order valence-corrected chi connectivity index (χ1v) is 7.19. The fourth-order valence-electron chi connectivity index (χ4n) is 2.38. The first-order valence-electron chi connectivity index (χ1n) is 6.40. The Hall–Kier alpha value is -2.47. The van der Waals surface area contributed by atoms with Crippen LogP contribution < -0.4 is 4.90 Å². The van der Waals surface area contributed by atoms with Crippen molar-refractivity contribution < 1.29 is 19.1 Å². The summed E-state index contributed by atoms with van der Waals surface area (Å²) < 4.78 is 5.38. The number of amides is 2. The van der Waals surface area contributed by atoms with E-state index in [1.165, 1.54) is 19.2 Å². The topological polar surface area (TPSA) is 63.7 Å². The molecule has 0 aliphatic carbocycles. The zero-order valence-electron chi connectivity index (χ0n) is 11.5. The number of hydrogen-bond acceptors (Lipinski definition) is 4. The van der Waals surface area contributed by atoms with Crippen molar-refractivity contribution in [2.45, 2.75) is 0 Å². The van der Waals surface area contributed by atoms with E-state index < -0.39 is 17.8 Å². The molecule has 0 saturated heterocycles. The van der Waals surface area contributed by atoms with Crippen molar-refractivity contribution in [1.82, 2.24) is 0 Å². The molecule has 1 aliphatic rings. The molecule has 1 heterocycles. The van der Waals surface area contributed by atoms with Gasteiger partial charge in [-0.3, -0.25) is 9.59 Å². The number of nitrogens with zero attached hydrogens (tertiary/aromatic N) is 1. The number of methoxy groups -OCH3 is 1. The molecule has 2 aromatic rings. The van der Waals surface area contributed by atoms with Gasteiger partial charge in [0.1, 0.15) is 0 Å². The lowest BCUT2D eigenvalue weighted by Crippen LogP contribution is -2.31. The van der Waals surface area contributed by atoms with E-state index in [9.17, 15) is 14.4 Å². The highest BCUT2D eigenvalue weighted by atomic mass is 79.9. The predicted octanol–water partition coefficient (Wildman–Crippen LogP) is 3.04. The highest BCUT2D eigenvalue weighted by Gasteiger charge is 2.38. The molecular formula is C16H10BrNO4. The van der Waals surface area contributed by atoms with Crippen molar-refractivity contribution >= 4 is 39.4 Å². The van der Waals surface area contributed by atoms with Crippen LogP contribution in [-0.4, -0.2) is 24.9 Å². The van der Waals surface area contributed by atoms with Gasteiger partial charge in [-0.15, -0.1) is 0 Å².